The third-order valence-corrected chi connectivity index (χ3v) is 4.06. The van der Waals surface area contributed by atoms with Crippen LogP contribution in [0.3, 0.4) is 0 Å². The Morgan fingerprint density at radius 2 is 2.08 bits per heavy atom. The molecule has 2 N–H and O–H groups in total. The molecule has 9 heteroatoms. The van der Waals surface area contributed by atoms with Crippen molar-refractivity contribution in [3.8, 4) is 0 Å². The number of carbonyl (C=O) groups excluding carboxylic acids is 2. The molecule has 0 saturated heterocycles. The molecule has 26 heavy (non-hydrogen) atoms. The third kappa shape index (κ3) is 3.46. The smallest absolute Gasteiger partial charge is 0.322 e. The molecule has 0 bridgehead atoms. The number of hydrogen-bond donors (Lipinski definition) is 2. The molecular weight excluding hydrogens is 349 g/mol. The molecule has 3 amide bonds. The summed E-state index contributed by atoms with van der Waals surface area (Å²) in [4.78, 5) is 28.9. The Hall–Kier alpha value is -3.10. The van der Waals surface area contributed by atoms with Crippen LogP contribution in [-0.4, -0.2) is 28.4 Å². The Morgan fingerprint density at radius 3 is 2.81 bits per heavy atom. The number of nitrogens with one attached hydrogen (secondary N) is 2. The van der Waals surface area contributed by atoms with Crippen LogP contribution in [0.25, 0.3) is 0 Å². The lowest BCUT2D eigenvalue weighted by Crippen LogP contribution is -2.45. The van der Waals surface area contributed by atoms with Gasteiger partial charge in [0.15, 0.2) is 11.6 Å². The number of pyridine rings is 1. The number of amides is 3. The number of benzene rings is 1. The van der Waals surface area contributed by atoms with Gasteiger partial charge in [-0.3, -0.25) is 9.78 Å². The number of anilines is 1. The molecular formula is C17H15F3N4O2. The van der Waals surface area contributed by atoms with Crippen molar-refractivity contribution < 1.29 is 22.8 Å². The highest BCUT2D eigenvalue weighted by atomic mass is 19.2. The summed E-state index contributed by atoms with van der Waals surface area (Å²) in [6.07, 6.45) is 2.43. The Kier molecular flexibility index (Phi) is 4.79. The van der Waals surface area contributed by atoms with E-state index < -0.39 is 42.0 Å². The second-order valence-electron chi connectivity index (χ2n) is 5.86. The van der Waals surface area contributed by atoms with E-state index in [1.165, 1.54) is 18.3 Å². The highest BCUT2D eigenvalue weighted by Crippen LogP contribution is 2.27. The maximum atomic E-state index is 13.9. The van der Waals surface area contributed by atoms with Crippen molar-refractivity contribution in [2.24, 2.45) is 0 Å². The van der Waals surface area contributed by atoms with Gasteiger partial charge in [0.1, 0.15) is 12.4 Å². The summed E-state index contributed by atoms with van der Waals surface area (Å²) >= 11 is 0. The van der Waals surface area contributed by atoms with E-state index in [0.717, 1.165) is 17.2 Å². The molecule has 2 aromatic rings. The van der Waals surface area contributed by atoms with E-state index in [0.29, 0.717) is 0 Å². The van der Waals surface area contributed by atoms with Crippen LogP contribution in [0.4, 0.5) is 23.7 Å². The van der Waals surface area contributed by atoms with E-state index in [2.05, 4.69) is 15.6 Å². The second-order valence-corrected chi connectivity index (χ2v) is 5.86. The van der Waals surface area contributed by atoms with Gasteiger partial charge < -0.3 is 15.5 Å². The molecule has 0 saturated carbocycles. The molecule has 0 aliphatic carbocycles. The van der Waals surface area contributed by atoms with Crippen molar-refractivity contribution in [3.05, 3.63) is 59.2 Å². The van der Waals surface area contributed by atoms with Crippen molar-refractivity contribution in [3.63, 3.8) is 0 Å². The lowest BCUT2D eigenvalue weighted by Gasteiger charge is -2.29. The van der Waals surface area contributed by atoms with E-state index in [9.17, 15) is 22.8 Å². The van der Waals surface area contributed by atoms with Crippen LogP contribution < -0.4 is 10.6 Å². The van der Waals surface area contributed by atoms with Gasteiger partial charge in [0, 0.05) is 17.3 Å². The Balaban J connectivity index is 1.69. The molecule has 136 valence electrons. The summed E-state index contributed by atoms with van der Waals surface area (Å²) in [5, 5.41) is 4.97. The predicted molar refractivity (Wildman–Crippen MR) is 86.5 cm³/mol. The maximum Gasteiger partial charge on any atom is 0.322 e. The van der Waals surface area contributed by atoms with Crippen LogP contribution in [0.15, 0.2) is 30.6 Å². The summed E-state index contributed by atoms with van der Waals surface area (Å²) in [5.74, 6) is -3.24. The standard InChI is InChI=1S/C17H15F3N4O2/c1-9(10-4-5-21-6-13(10)19)22-15(25)8-24-7-11-14(23-17(24)26)3-2-12(18)16(11)20/h2-6,9H,7-8H2,1H3,(H,22,25)(H,23,26)/t9-/m0/s1. The van der Waals surface area contributed by atoms with Gasteiger partial charge in [0.25, 0.3) is 0 Å². The van der Waals surface area contributed by atoms with Gasteiger partial charge in [-0.1, -0.05) is 0 Å². The molecule has 1 aromatic heterocycles. The van der Waals surface area contributed by atoms with Gasteiger partial charge in [0.05, 0.1) is 24.5 Å². The molecule has 6 nitrogen and oxygen atoms in total. The molecule has 2 heterocycles. The second kappa shape index (κ2) is 7.03. The molecule has 1 aliphatic rings. The minimum Gasteiger partial charge on any atom is -0.348 e. The molecule has 0 spiro atoms. The number of rotatable bonds is 4. The number of nitrogens with zero attached hydrogens (tertiary/aromatic N) is 2. The van der Waals surface area contributed by atoms with Gasteiger partial charge in [-0.15, -0.1) is 0 Å². The third-order valence-electron chi connectivity index (χ3n) is 4.06. The van der Waals surface area contributed by atoms with Crippen LogP contribution in [0, 0.1) is 17.5 Å². The maximum absolute atomic E-state index is 13.9. The monoisotopic (exact) mass is 364 g/mol. The zero-order valence-corrected chi connectivity index (χ0v) is 13.7. The van der Waals surface area contributed by atoms with Gasteiger partial charge in [-0.2, -0.15) is 0 Å². The van der Waals surface area contributed by atoms with E-state index in [-0.39, 0.29) is 23.4 Å². The van der Waals surface area contributed by atoms with Crippen molar-refractivity contribution in [2.75, 3.05) is 11.9 Å². The zero-order valence-electron chi connectivity index (χ0n) is 13.7. The average molecular weight is 364 g/mol. The summed E-state index contributed by atoms with van der Waals surface area (Å²) < 4.78 is 41.0. The Labute approximate surface area is 147 Å². The summed E-state index contributed by atoms with van der Waals surface area (Å²) in [6.45, 7) is 0.936. The molecule has 0 radical (unpaired) electrons. The van der Waals surface area contributed by atoms with Crippen LogP contribution in [0.2, 0.25) is 0 Å². The van der Waals surface area contributed by atoms with Gasteiger partial charge >= 0.3 is 6.03 Å². The fourth-order valence-corrected chi connectivity index (χ4v) is 2.72. The largest absolute Gasteiger partial charge is 0.348 e. The topological polar surface area (TPSA) is 74.3 Å². The Morgan fingerprint density at radius 1 is 1.31 bits per heavy atom. The quantitative estimate of drug-likeness (QED) is 0.876. The molecule has 1 aliphatic heterocycles. The van der Waals surface area contributed by atoms with Gasteiger partial charge in [0.2, 0.25) is 5.91 Å². The molecule has 3 rings (SSSR count). The first-order valence-corrected chi connectivity index (χ1v) is 7.78. The van der Waals surface area contributed by atoms with E-state index >= 15 is 0 Å². The summed E-state index contributed by atoms with van der Waals surface area (Å²) in [7, 11) is 0. The molecule has 0 unspecified atom stereocenters. The molecule has 1 aromatic carbocycles. The van der Waals surface area contributed by atoms with Gasteiger partial charge in [-0.25, -0.2) is 18.0 Å². The van der Waals surface area contributed by atoms with Crippen molar-refractivity contribution in [1.82, 2.24) is 15.2 Å². The Bertz CT molecular complexity index is 875. The number of halogens is 3. The van der Waals surface area contributed by atoms with Crippen LogP contribution in [0.5, 0.6) is 0 Å². The number of urea groups is 1. The number of fused-ring (bicyclic) bond motifs is 1. The number of aromatic nitrogens is 1. The lowest BCUT2D eigenvalue weighted by molar-refractivity contribution is -0.122. The normalized spacial score (nSPS) is 14.5. The van der Waals surface area contributed by atoms with E-state index in [4.69, 9.17) is 0 Å². The number of hydrogen-bond acceptors (Lipinski definition) is 3. The summed E-state index contributed by atoms with van der Waals surface area (Å²) in [6, 6.07) is 2.35. The zero-order chi connectivity index (χ0) is 18.8. The van der Waals surface area contributed by atoms with Crippen LogP contribution >= 0.6 is 0 Å². The van der Waals surface area contributed by atoms with E-state index in [1.54, 1.807) is 6.92 Å². The lowest BCUT2D eigenvalue weighted by atomic mass is 10.1. The first-order valence-electron chi connectivity index (χ1n) is 7.78. The van der Waals surface area contributed by atoms with Crippen LogP contribution in [-0.2, 0) is 11.3 Å². The van der Waals surface area contributed by atoms with Crippen molar-refractivity contribution >= 4 is 17.6 Å². The van der Waals surface area contributed by atoms with Crippen LogP contribution in [0.1, 0.15) is 24.1 Å². The fraction of sp³-hybridized carbons (Fsp3) is 0.235. The molecule has 0 fully saturated rings. The van der Waals surface area contributed by atoms with E-state index in [1.807, 2.05) is 0 Å². The molecule has 1 atom stereocenters. The van der Waals surface area contributed by atoms with Gasteiger partial charge in [-0.05, 0) is 25.1 Å². The van der Waals surface area contributed by atoms with Crippen molar-refractivity contribution in [2.45, 2.75) is 19.5 Å². The van der Waals surface area contributed by atoms with Crippen molar-refractivity contribution in [1.29, 1.82) is 0 Å². The fourth-order valence-electron chi connectivity index (χ4n) is 2.72. The highest BCUT2D eigenvalue weighted by Gasteiger charge is 2.28. The highest BCUT2D eigenvalue weighted by molar-refractivity contribution is 5.94. The average Bonchev–Trinajstić information content (AvgIpc) is 2.60. The minimum absolute atomic E-state index is 0.0365. The predicted octanol–water partition coefficient (Wildman–Crippen LogP) is 2.72. The SMILES string of the molecule is C[C@H](NC(=O)CN1Cc2c(ccc(F)c2F)NC1=O)c1ccncc1F. The number of carbonyl (C=O) groups is 2. The minimum atomic E-state index is -1.07. The first kappa shape index (κ1) is 17.7. The first-order chi connectivity index (χ1) is 12.4. The summed E-state index contributed by atoms with van der Waals surface area (Å²) in [5.41, 5.74) is 0.373.